The Balaban J connectivity index is 1.52. The van der Waals surface area contributed by atoms with Gasteiger partial charge in [0.05, 0.1) is 27.9 Å². The number of carbonyl (C=O) groups is 2. The monoisotopic (exact) mass is 384 g/mol. The van der Waals surface area contributed by atoms with Crippen LogP contribution < -0.4 is 4.74 Å². The van der Waals surface area contributed by atoms with Gasteiger partial charge in [0.2, 0.25) is 0 Å². The molecule has 7 heteroatoms. The molecule has 0 spiro atoms. The summed E-state index contributed by atoms with van der Waals surface area (Å²) in [4.78, 5) is 30.1. The van der Waals surface area contributed by atoms with Gasteiger partial charge in [-0.2, -0.15) is 0 Å². The highest BCUT2D eigenvalue weighted by atomic mass is 32.1. The lowest BCUT2D eigenvalue weighted by molar-refractivity contribution is -0.133. The van der Waals surface area contributed by atoms with Crippen LogP contribution in [0.5, 0.6) is 5.75 Å². The van der Waals surface area contributed by atoms with Crippen LogP contribution >= 0.6 is 11.3 Å². The van der Waals surface area contributed by atoms with Gasteiger partial charge in [0.15, 0.2) is 6.61 Å². The Bertz CT molecular complexity index is 937. The number of fused-ring (bicyclic) bond motifs is 1. The lowest BCUT2D eigenvalue weighted by Crippen LogP contribution is -2.30. The number of carbonyl (C=O) groups excluding carboxylic acids is 2. The Kier molecular flexibility index (Phi) is 6.03. The molecule has 2 aromatic carbocycles. The van der Waals surface area contributed by atoms with E-state index in [-0.39, 0.29) is 12.5 Å². The molecule has 1 amide bonds. The fourth-order valence-electron chi connectivity index (χ4n) is 2.52. The molecule has 0 saturated carbocycles. The smallest absolute Gasteiger partial charge is 0.338 e. The molecule has 1 aromatic heterocycles. The average Bonchev–Trinajstić information content (AvgIpc) is 3.15. The third-order valence-corrected chi connectivity index (χ3v) is 4.77. The first kappa shape index (κ1) is 18.8. The fourth-order valence-corrected chi connectivity index (χ4v) is 3.24. The van der Waals surface area contributed by atoms with E-state index in [4.69, 9.17) is 9.47 Å². The Labute approximate surface area is 161 Å². The summed E-state index contributed by atoms with van der Waals surface area (Å²) in [7, 11) is 1.68. The second-order valence-corrected chi connectivity index (χ2v) is 6.82. The number of esters is 1. The summed E-state index contributed by atoms with van der Waals surface area (Å²) in [6.07, 6.45) is 0. The zero-order valence-corrected chi connectivity index (χ0v) is 16.0. The van der Waals surface area contributed by atoms with Gasteiger partial charge in [-0.3, -0.25) is 4.79 Å². The average molecular weight is 384 g/mol. The minimum absolute atomic E-state index is 0.267. The van der Waals surface area contributed by atoms with Crippen LogP contribution in [0.15, 0.2) is 48.0 Å². The van der Waals surface area contributed by atoms with Crippen LogP contribution in [-0.2, 0) is 16.1 Å². The fraction of sp³-hybridized carbons (Fsp3) is 0.250. The van der Waals surface area contributed by atoms with E-state index < -0.39 is 5.97 Å². The molecule has 1 heterocycles. The number of rotatable bonds is 7. The van der Waals surface area contributed by atoms with Crippen molar-refractivity contribution in [2.75, 3.05) is 20.3 Å². The topological polar surface area (TPSA) is 68.7 Å². The van der Waals surface area contributed by atoms with Crippen molar-refractivity contribution in [1.82, 2.24) is 9.88 Å². The van der Waals surface area contributed by atoms with Gasteiger partial charge < -0.3 is 14.4 Å². The molecule has 6 nitrogen and oxygen atoms in total. The van der Waals surface area contributed by atoms with Crippen molar-refractivity contribution in [2.24, 2.45) is 0 Å². The second kappa shape index (κ2) is 8.64. The normalized spacial score (nSPS) is 10.6. The van der Waals surface area contributed by atoms with Crippen LogP contribution in [0.3, 0.4) is 0 Å². The highest BCUT2D eigenvalue weighted by Gasteiger charge is 2.14. The summed E-state index contributed by atoms with van der Waals surface area (Å²) < 4.78 is 11.5. The van der Waals surface area contributed by atoms with E-state index in [1.54, 1.807) is 30.8 Å². The van der Waals surface area contributed by atoms with Gasteiger partial charge in [-0.25, -0.2) is 9.78 Å². The van der Waals surface area contributed by atoms with E-state index in [0.29, 0.717) is 18.7 Å². The van der Waals surface area contributed by atoms with Crippen LogP contribution in [0, 0.1) is 0 Å². The van der Waals surface area contributed by atoms with E-state index >= 15 is 0 Å². The molecule has 0 fully saturated rings. The SMILES string of the molecule is CCOc1ccc(CN(C)C(=O)COC(=O)c2ccc3ncsc3c2)cc1. The van der Waals surface area contributed by atoms with Gasteiger partial charge in [-0.15, -0.1) is 11.3 Å². The summed E-state index contributed by atoms with van der Waals surface area (Å²) in [5.41, 5.74) is 3.94. The van der Waals surface area contributed by atoms with Crippen molar-refractivity contribution in [1.29, 1.82) is 0 Å². The molecule has 0 unspecified atom stereocenters. The Hall–Kier alpha value is -2.93. The lowest BCUT2D eigenvalue weighted by atomic mass is 10.2. The van der Waals surface area contributed by atoms with Crippen LogP contribution in [0.25, 0.3) is 10.2 Å². The number of benzene rings is 2. The predicted octanol–water partition coefficient (Wildman–Crippen LogP) is 3.51. The quantitative estimate of drug-likeness (QED) is 0.583. The molecule has 3 aromatic rings. The molecule has 0 bridgehead atoms. The second-order valence-electron chi connectivity index (χ2n) is 5.94. The van der Waals surface area contributed by atoms with Crippen LogP contribution in [0.1, 0.15) is 22.8 Å². The van der Waals surface area contributed by atoms with Gasteiger partial charge in [-0.05, 0) is 42.8 Å². The molecule has 0 aliphatic carbocycles. The van der Waals surface area contributed by atoms with Crippen molar-refractivity contribution < 1.29 is 19.1 Å². The summed E-state index contributed by atoms with van der Waals surface area (Å²) in [5, 5.41) is 0. The zero-order chi connectivity index (χ0) is 19.2. The van der Waals surface area contributed by atoms with Crippen molar-refractivity contribution in [3.63, 3.8) is 0 Å². The molecule has 0 atom stereocenters. The third kappa shape index (κ3) is 4.83. The number of nitrogens with zero attached hydrogens (tertiary/aromatic N) is 2. The van der Waals surface area contributed by atoms with Crippen molar-refractivity contribution in [3.8, 4) is 5.75 Å². The maximum Gasteiger partial charge on any atom is 0.338 e. The number of amides is 1. The predicted molar refractivity (Wildman–Crippen MR) is 104 cm³/mol. The first-order valence-corrected chi connectivity index (χ1v) is 9.41. The maximum absolute atomic E-state index is 12.2. The number of hydrogen-bond donors (Lipinski definition) is 0. The number of likely N-dealkylation sites (N-methyl/N-ethyl adjacent to an activating group) is 1. The third-order valence-electron chi connectivity index (χ3n) is 3.97. The van der Waals surface area contributed by atoms with E-state index in [2.05, 4.69) is 4.98 Å². The molecule has 0 radical (unpaired) electrons. The lowest BCUT2D eigenvalue weighted by Gasteiger charge is -2.17. The van der Waals surface area contributed by atoms with Crippen LogP contribution in [0.2, 0.25) is 0 Å². The molecule has 27 heavy (non-hydrogen) atoms. The molecule has 0 aliphatic heterocycles. The molecular formula is C20H20N2O4S. The summed E-state index contributed by atoms with van der Waals surface area (Å²) in [6.45, 7) is 2.67. The summed E-state index contributed by atoms with van der Waals surface area (Å²) >= 11 is 1.45. The molecule has 140 valence electrons. The molecule has 0 N–H and O–H groups in total. The van der Waals surface area contributed by atoms with Crippen LogP contribution in [-0.4, -0.2) is 42.0 Å². The van der Waals surface area contributed by atoms with Crippen molar-refractivity contribution in [3.05, 3.63) is 59.1 Å². The highest BCUT2D eigenvalue weighted by Crippen LogP contribution is 2.19. The Morgan fingerprint density at radius 1 is 1.15 bits per heavy atom. The maximum atomic E-state index is 12.2. The van der Waals surface area contributed by atoms with Crippen molar-refractivity contribution in [2.45, 2.75) is 13.5 Å². The molecule has 3 rings (SSSR count). The minimum Gasteiger partial charge on any atom is -0.494 e. The van der Waals surface area contributed by atoms with E-state index in [1.165, 1.54) is 16.2 Å². The largest absolute Gasteiger partial charge is 0.494 e. The van der Waals surface area contributed by atoms with E-state index in [1.807, 2.05) is 31.2 Å². The number of thiazole rings is 1. The standard InChI is InChI=1S/C20H20N2O4S/c1-3-25-16-7-4-14(5-8-16)11-22(2)19(23)12-26-20(24)15-6-9-17-18(10-15)27-13-21-17/h4-10,13H,3,11-12H2,1-2H3. The Morgan fingerprint density at radius 3 is 2.67 bits per heavy atom. The van der Waals surface area contributed by atoms with E-state index in [9.17, 15) is 9.59 Å². The zero-order valence-electron chi connectivity index (χ0n) is 15.2. The van der Waals surface area contributed by atoms with Gasteiger partial charge in [0.1, 0.15) is 5.75 Å². The van der Waals surface area contributed by atoms with E-state index in [0.717, 1.165) is 21.5 Å². The number of aromatic nitrogens is 1. The Morgan fingerprint density at radius 2 is 1.93 bits per heavy atom. The first-order chi connectivity index (χ1) is 13.1. The van der Waals surface area contributed by atoms with Gasteiger partial charge in [0.25, 0.3) is 5.91 Å². The highest BCUT2D eigenvalue weighted by molar-refractivity contribution is 7.16. The van der Waals surface area contributed by atoms with Gasteiger partial charge >= 0.3 is 5.97 Å². The molecular weight excluding hydrogens is 364 g/mol. The molecule has 0 saturated heterocycles. The molecule has 0 aliphatic rings. The van der Waals surface area contributed by atoms with Crippen molar-refractivity contribution >= 4 is 33.4 Å². The van der Waals surface area contributed by atoms with Crippen LogP contribution in [0.4, 0.5) is 0 Å². The van der Waals surface area contributed by atoms with Gasteiger partial charge in [-0.1, -0.05) is 12.1 Å². The van der Waals surface area contributed by atoms with Gasteiger partial charge in [0, 0.05) is 13.6 Å². The minimum atomic E-state index is -0.520. The number of hydrogen-bond acceptors (Lipinski definition) is 6. The summed E-state index contributed by atoms with van der Waals surface area (Å²) in [5.74, 6) is 0.00582. The summed E-state index contributed by atoms with van der Waals surface area (Å²) in [6, 6.07) is 12.7. The first-order valence-electron chi connectivity index (χ1n) is 8.53. The number of ether oxygens (including phenoxy) is 2.